The van der Waals surface area contributed by atoms with Crippen LogP contribution in [0.3, 0.4) is 0 Å². The van der Waals surface area contributed by atoms with E-state index in [9.17, 15) is 9.90 Å². The first-order valence-corrected chi connectivity index (χ1v) is 7.55. The third-order valence-electron chi connectivity index (χ3n) is 4.44. The number of hydrogen-bond acceptors (Lipinski definition) is 3. The highest BCUT2D eigenvalue weighted by Gasteiger charge is 2.34. The molecule has 1 amide bonds. The van der Waals surface area contributed by atoms with Crippen molar-refractivity contribution in [2.75, 3.05) is 6.54 Å². The number of carbonyl (C=O) groups excluding carboxylic acids is 1. The second-order valence-corrected chi connectivity index (χ2v) is 5.82. The average molecular weight is 279 g/mol. The molecule has 1 aromatic heterocycles. The third-order valence-corrected chi connectivity index (χ3v) is 4.44. The molecule has 2 N–H and O–H groups in total. The Morgan fingerprint density at radius 1 is 1.50 bits per heavy atom. The summed E-state index contributed by atoms with van der Waals surface area (Å²) in [6.07, 6.45) is 6.23. The van der Waals surface area contributed by atoms with Gasteiger partial charge in [-0.05, 0) is 39.0 Å². The number of aromatic nitrogens is 2. The molecule has 2 rings (SSSR count). The van der Waals surface area contributed by atoms with Crippen LogP contribution in [0.5, 0.6) is 0 Å². The number of rotatable bonds is 6. The minimum absolute atomic E-state index is 0.139. The van der Waals surface area contributed by atoms with E-state index in [0.29, 0.717) is 18.2 Å². The van der Waals surface area contributed by atoms with Gasteiger partial charge in [0.2, 0.25) is 0 Å². The highest BCUT2D eigenvalue weighted by molar-refractivity contribution is 5.95. The zero-order valence-corrected chi connectivity index (χ0v) is 12.6. The predicted octanol–water partition coefficient (Wildman–Crippen LogP) is 2.20. The molecular formula is C15H25N3O2. The maximum absolute atomic E-state index is 12.2. The Kier molecular flexibility index (Phi) is 4.48. The number of carbonyl (C=O) groups is 1. The highest BCUT2D eigenvalue weighted by Crippen LogP contribution is 2.30. The van der Waals surface area contributed by atoms with Crippen LogP contribution in [0.2, 0.25) is 0 Å². The Balaban J connectivity index is 2.03. The fourth-order valence-electron chi connectivity index (χ4n) is 2.75. The predicted molar refractivity (Wildman–Crippen MR) is 77.7 cm³/mol. The van der Waals surface area contributed by atoms with E-state index in [1.807, 2.05) is 11.6 Å². The van der Waals surface area contributed by atoms with Gasteiger partial charge in [-0.2, -0.15) is 5.10 Å². The van der Waals surface area contributed by atoms with Gasteiger partial charge in [0.15, 0.2) is 0 Å². The number of nitrogens with zero attached hydrogens (tertiary/aromatic N) is 2. The molecule has 0 radical (unpaired) electrons. The standard InChI is InChI=1S/C15H25N3O2/c1-4-12(5-2)18-11(3)13(9-17-18)14(19)16-10-15(20)7-6-8-15/h9,12,20H,4-8,10H2,1-3H3,(H,16,19). The van der Waals surface area contributed by atoms with Gasteiger partial charge in [-0.15, -0.1) is 0 Å². The summed E-state index contributed by atoms with van der Waals surface area (Å²) in [5.74, 6) is -0.139. The smallest absolute Gasteiger partial charge is 0.254 e. The quantitative estimate of drug-likeness (QED) is 0.839. The van der Waals surface area contributed by atoms with Gasteiger partial charge in [0, 0.05) is 12.2 Å². The fourth-order valence-corrected chi connectivity index (χ4v) is 2.75. The van der Waals surface area contributed by atoms with Gasteiger partial charge in [-0.25, -0.2) is 0 Å². The molecule has 5 heteroatoms. The monoisotopic (exact) mass is 279 g/mol. The molecule has 1 fully saturated rings. The Labute approximate surface area is 120 Å². The van der Waals surface area contributed by atoms with Crippen molar-refractivity contribution in [2.45, 2.75) is 64.5 Å². The lowest BCUT2D eigenvalue weighted by atomic mass is 9.80. The van der Waals surface area contributed by atoms with E-state index in [-0.39, 0.29) is 5.91 Å². The van der Waals surface area contributed by atoms with E-state index in [0.717, 1.165) is 37.8 Å². The van der Waals surface area contributed by atoms with Gasteiger partial charge in [-0.3, -0.25) is 9.48 Å². The summed E-state index contributed by atoms with van der Waals surface area (Å²) in [7, 11) is 0. The number of amides is 1. The van der Waals surface area contributed by atoms with Crippen molar-refractivity contribution in [1.82, 2.24) is 15.1 Å². The van der Waals surface area contributed by atoms with Crippen molar-refractivity contribution in [3.8, 4) is 0 Å². The first-order chi connectivity index (χ1) is 9.50. The molecular weight excluding hydrogens is 254 g/mol. The normalized spacial score (nSPS) is 17.1. The molecule has 1 aliphatic carbocycles. The largest absolute Gasteiger partial charge is 0.388 e. The Morgan fingerprint density at radius 3 is 2.65 bits per heavy atom. The summed E-state index contributed by atoms with van der Waals surface area (Å²) in [6.45, 7) is 6.52. The van der Waals surface area contributed by atoms with Crippen molar-refractivity contribution in [3.63, 3.8) is 0 Å². The topological polar surface area (TPSA) is 67.2 Å². The van der Waals surface area contributed by atoms with Crippen LogP contribution in [0.15, 0.2) is 6.20 Å². The lowest BCUT2D eigenvalue weighted by Gasteiger charge is -2.36. The maximum atomic E-state index is 12.2. The second kappa shape index (κ2) is 5.95. The average Bonchev–Trinajstić information content (AvgIpc) is 2.78. The van der Waals surface area contributed by atoms with Crippen LogP contribution in [0, 0.1) is 6.92 Å². The fraction of sp³-hybridized carbons (Fsp3) is 0.733. The number of nitrogens with one attached hydrogen (secondary N) is 1. The summed E-state index contributed by atoms with van der Waals surface area (Å²) in [5.41, 5.74) is 0.825. The SMILES string of the molecule is CCC(CC)n1ncc(C(=O)NCC2(O)CCC2)c1C. The van der Waals surface area contributed by atoms with E-state index < -0.39 is 5.60 Å². The summed E-state index contributed by atoms with van der Waals surface area (Å²) < 4.78 is 1.94. The maximum Gasteiger partial charge on any atom is 0.254 e. The first kappa shape index (κ1) is 15.0. The zero-order valence-electron chi connectivity index (χ0n) is 12.6. The van der Waals surface area contributed by atoms with Gasteiger partial charge in [0.1, 0.15) is 0 Å². The second-order valence-electron chi connectivity index (χ2n) is 5.82. The van der Waals surface area contributed by atoms with Gasteiger partial charge < -0.3 is 10.4 Å². The van der Waals surface area contributed by atoms with Crippen molar-refractivity contribution >= 4 is 5.91 Å². The Bertz CT molecular complexity index is 473. The lowest BCUT2D eigenvalue weighted by molar-refractivity contribution is -0.0300. The molecule has 20 heavy (non-hydrogen) atoms. The van der Waals surface area contributed by atoms with Gasteiger partial charge in [0.25, 0.3) is 5.91 Å². The minimum Gasteiger partial charge on any atom is -0.388 e. The zero-order chi connectivity index (χ0) is 14.8. The van der Waals surface area contributed by atoms with E-state index in [4.69, 9.17) is 0 Å². The summed E-state index contributed by atoms with van der Waals surface area (Å²) in [5, 5.41) is 17.2. The van der Waals surface area contributed by atoms with E-state index >= 15 is 0 Å². The molecule has 0 bridgehead atoms. The Morgan fingerprint density at radius 2 is 2.15 bits per heavy atom. The van der Waals surface area contributed by atoms with Crippen LogP contribution < -0.4 is 5.32 Å². The van der Waals surface area contributed by atoms with Crippen LogP contribution in [-0.4, -0.2) is 32.9 Å². The molecule has 5 nitrogen and oxygen atoms in total. The highest BCUT2D eigenvalue weighted by atomic mass is 16.3. The molecule has 1 aliphatic rings. The molecule has 112 valence electrons. The van der Waals surface area contributed by atoms with E-state index in [2.05, 4.69) is 24.3 Å². The van der Waals surface area contributed by atoms with Crippen molar-refractivity contribution in [3.05, 3.63) is 17.5 Å². The van der Waals surface area contributed by atoms with E-state index in [1.54, 1.807) is 6.20 Å². The molecule has 0 spiro atoms. The minimum atomic E-state index is -0.686. The molecule has 1 heterocycles. The van der Waals surface area contributed by atoms with Crippen LogP contribution in [0.4, 0.5) is 0 Å². The van der Waals surface area contributed by atoms with Crippen LogP contribution in [0.25, 0.3) is 0 Å². The van der Waals surface area contributed by atoms with Crippen molar-refractivity contribution in [1.29, 1.82) is 0 Å². The first-order valence-electron chi connectivity index (χ1n) is 7.55. The van der Waals surface area contributed by atoms with Gasteiger partial charge in [0.05, 0.1) is 23.4 Å². The van der Waals surface area contributed by atoms with Crippen LogP contribution in [-0.2, 0) is 0 Å². The molecule has 0 saturated heterocycles. The van der Waals surface area contributed by atoms with Crippen molar-refractivity contribution in [2.24, 2.45) is 0 Å². The van der Waals surface area contributed by atoms with Gasteiger partial charge >= 0.3 is 0 Å². The van der Waals surface area contributed by atoms with Crippen LogP contribution in [0.1, 0.15) is 68.0 Å². The van der Waals surface area contributed by atoms with Gasteiger partial charge in [-0.1, -0.05) is 13.8 Å². The number of hydrogen-bond donors (Lipinski definition) is 2. The van der Waals surface area contributed by atoms with Crippen molar-refractivity contribution < 1.29 is 9.90 Å². The van der Waals surface area contributed by atoms with Crippen LogP contribution >= 0.6 is 0 Å². The summed E-state index contributed by atoms with van der Waals surface area (Å²) >= 11 is 0. The molecule has 0 aliphatic heterocycles. The summed E-state index contributed by atoms with van der Waals surface area (Å²) in [6, 6.07) is 0.340. The molecule has 1 aromatic rings. The summed E-state index contributed by atoms with van der Waals surface area (Å²) in [4.78, 5) is 12.2. The lowest BCUT2D eigenvalue weighted by Crippen LogP contribution is -2.47. The third kappa shape index (κ3) is 2.87. The molecule has 1 saturated carbocycles. The Hall–Kier alpha value is -1.36. The molecule has 0 unspecified atom stereocenters. The molecule has 0 aromatic carbocycles. The van der Waals surface area contributed by atoms with E-state index in [1.165, 1.54) is 0 Å². The molecule has 0 atom stereocenters. The number of aliphatic hydroxyl groups is 1.